The summed E-state index contributed by atoms with van der Waals surface area (Å²) in [5, 5.41) is 2.50. The van der Waals surface area contributed by atoms with Crippen molar-refractivity contribution in [1.29, 1.82) is 0 Å². The number of hydrogen-bond donors (Lipinski definition) is 1. The minimum absolute atomic E-state index is 0.0520. The Balaban J connectivity index is 1.80. The van der Waals surface area contributed by atoms with Crippen LogP contribution in [0.15, 0.2) is 35.4 Å². The Morgan fingerprint density at radius 1 is 1.25 bits per heavy atom. The van der Waals surface area contributed by atoms with Crippen molar-refractivity contribution in [2.24, 2.45) is 0 Å². The van der Waals surface area contributed by atoms with Gasteiger partial charge in [-0.15, -0.1) is 11.3 Å². The summed E-state index contributed by atoms with van der Waals surface area (Å²) in [5.41, 5.74) is -1.15. The molecule has 0 aliphatic carbocycles. The summed E-state index contributed by atoms with van der Waals surface area (Å²) in [5.74, 6) is -1.32. The lowest BCUT2D eigenvalue weighted by molar-refractivity contribution is -0.137. The van der Waals surface area contributed by atoms with E-state index in [2.05, 4.69) is 10.3 Å². The van der Waals surface area contributed by atoms with Crippen molar-refractivity contribution in [2.45, 2.75) is 19.6 Å². The van der Waals surface area contributed by atoms with Crippen LogP contribution in [0.3, 0.4) is 0 Å². The number of aromatic nitrogens is 2. The maximum atomic E-state index is 12.8. The van der Waals surface area contributed by atoms with Gasteiger partial charge in [0.1, 0.15) is 22.9 Å². The molecule has 1 aromatic carbocycles. The van der Waals surface area contributed by atoms with Crippen molar-refractivity contribution in [3.63, 3.8) is 0 Å². The molecule has 0 fully saturated rings. The molecule has 32 heavy (non-hydrogen) atoms. The van der Waals surface area contributed by atoms with Crippen molar-refractivity contribution >= 4 is 39.1 Å². The second kappa shape index (κ2) is 9.49. The summed E-state index contributed by atoms with van der Waals surface area (Å²) in [6.07, 6.45) is -3.40. The van der Waals surface area contributed by atoms with Gasteiger partial charge in [0.2, 0.25) is 5.91 Å². The van der Waals surface area contributed by atoms with Crippen molar-refractivity contribution in [3.05, 3.63) is 57.0 Å². The average Bonchev–Trinajstić information content (AvgIpc) is 3.07. The summed E-state index contributed by atoms with van der Waals surface area (Å²) >= 11 is 0.991. The molecule has 0 aliphatic rings. The number of nitrogens with zero attached hydrogens (tertiary/aromatic N) is 2. The molecule has 8 nitrogen and oxygen atoms in total. The first-order chi connectivity index (χ1) is 15.1. The van der Waals surface area contributed by atoms with Gasteiger partial charge in [0.25, 0.3) is 5.56 Å². The van der Waals surface area contributed by atoms with E-state index in [1.807, 2.05) is 0 Å². The number of benzene rings is 1. The number of nitrogens with one attached hydrogen (secondary N) is 1. The Hall–Kier alpha value is -3.25. The molecule has 2 aromatic heterocycles. The molecule has 0 aliphatic heterocycles. The molecule has 3 aromatic rings. The molecular weight excluding hydrogens is 451 g/mol. The highest BCUT2D eigenvalue weighted by molar-refractivity contribution is 7.20. The van der Waals surface area contributed by atoms with Gasteiger partial charge >= 0.3 is 12.1 Å². The zero-order valence-electron chi connectivity index (χ0n) is 17.0. The van der Waals surface area contributed by atoms with Crippen LogP contribution in [0, 0.1) is 6.92 Å². The number of amides is 1. The Labute approximate surface area is 183 Å². The Kier molecular flexibility index (Phi) is 6.94. The lowest BCUT2D eigenvalue weighted by Gasteiger charge is -2.10. The molecule has 2 heterocycles. The van der Waals surface area contributed by atoms with Crippen molar-refractivity contribution < 1.29 is 32.2 Å². The van der Waals surface area contributed by atoms with Crippen molar-refractivity contribution in [3.8, 4) is 0 Å². The molecular formula is C20H18F3N3O5S. The van der Waals surface area contributed by atoms with E-state index in [9.17, 15) is 27.6 Å². The normalized spacial score (nSPS) is 11.5. The number of hydrogen-bond acceptors (Lipinski definition) is 7. The number of esters is 1. The van der Waals surface area contributed by atoms with Gasteiger partial charge < -0.3 is 14.8 Å². The molecule has 0 saturated carbocycles. The van der Waals surface area contributed by atoms with Gasteiger partial charge in [-0.05, 0) is 30.7 Å². The summed E-state index contributed by atoms with van der Waals surface area (Å²) in [6, 6.07) is 4.16. The van der Waals surface area contributed by atoms with E-state index in [0.717, 1.165) is 34.4 Å². The van der Waals surface area contributed by atoms with E-state index in [0.29, 0.717) is 10.4 Å². The number of rotatable bonds is 7. The van der Waals surface area contributed by atoms with Gasteiger partial charge in [-0.3, -0.25) is 14.2 Å². The number of alkyl halides is 3. The molecule has 3 rings (SSSR count). The zero-order valence-corrected chi connectivity index (χ0v) is 17.8. The third-order valence-electron chi connectivity index (χ3n) is 4.41. The number of methoxy groups -OCH3 is 1. The summed E-state index contributed by atoms with van der Waals surface area (Å²) in [7, 11) is 1.47. The minimum atomic E-state index is -4.55. The molecule has 170 valence electrons. The third kappa shape index (κ3) is 5.14. The number of ether oxygens (including phenoxy) is 2. The molecule has 1 amide bonds. The van der Waals surface area contributed by atoms with Gasteiger partial charge in [-0.25, -0.2) is 9.78 Å². The molecule has 0 unspecified atom stereocenters. The highest BCUT2D eigenvalue weighted by Gasteiger charge is 2.30. The smallest absolute Gasteiger partial charge is 0.416 e. The van der Waals surface area contributed by atoms with Crippen LogP contribution in [0.2, 0.25) is 0 Å². The number of carbonyl (C=O) groups excluding carboxylic acids is 2. The Morgan fingerprint density at radius 2 is 2.00 bits per heavy atom. The second-order valence-electron chi connectivity index (χ2n) is 6.67. The molecule has 1 N–H and O–H groups in total. The van der Waals surface area contributed by atoms with Gasteiger partial charge in [-0.1, -0.05) is 6.07 Å². The minimum Gasteiger partial charge on any atom is -0.459 e. The van der Waals surface area contributed by atoms with E-state index in [1.165, 1.54) is 19.2 Å². The summed E-state index contributed by atoms with van der Waals surface area (Å²) < 4.78 is 49.4. The third-order valence-corrected chi connectivity index (χ3v) is 5.59. The van der Waals surface area contributed by atoms with Crippen LogP contribution in [0.25, 0.3) is 10.2 Å². The van der Waals surface area contributed by atoms with Crippen molar-refractivity contribution in [1.82, 2.24) is 9.55 Å². The lowest BCUT2D eigenvalue weighted by Crippen LogP contribution is -2.28. The lowest BCUT2D eigenvalue weighted by atomic mass is 10.2. The molecule has 0 radical (unpaired) electrons. The van der Waals surface area contributed by atoms with Crippen LogP contribution >= 0.6 is 11.3 Å². The predicted molar refractivity (Wildman–Crippen MR) is 111 cm³/mol. The number of carbonyl (C=O) groups is 2. The maximum Gasteiger partial charge on any atom is 0.416 e. The largest absolute Gasteiger partial charge is 0.459 e. The second-order valence-corrected chi connectivity index (χ2v) is 7.67. The van der Waals surface area contributed by atoms with E-state index in [4.69, 9.17) is 9.47 Å². The highest BCUT2D eigenvalue weighted by atomic mass is 32.1. The first-order valence-electron chi connectivity index (χ1n) is 9.23. The molecule has 12 heteroatoms. The molecule has 0 spiro atoms. The predicted octanol–water partition coefficient (Wildman–Crippen LogP) is 3.23. The quantitative estimate of drug-likeness (QED) is 0.421. The van der Waals surface area contributed by atoms with E-state index < -0.39 is 35.7 Å². The van der Waals surface area contributed by atoms with Gasteiger partial charge in [0, 0.05) is 12.8 Å². The average molecular weight is 469 g/mol. The highest BCUT2D eigenvalue weighted by Crippen LogP contribution is 2.31. The van der Waals surface area contributed by atoms with Crippen LogP contribution in [-0.2, 0) is 27.0 Å². The first kappa shape index (κ1) is 23.4. The summed E-state index contributed by atoms with van der Waals surface area (Å²) in [4.78, 5) is 42.0. The fraction of sp³-hybridized carbons (Fsp3) is 0.300. The topological polar surface area (TPSA) is 99.5 Å². The van der Waals surface area contributed by atoms with E-state index in [1.54, 1.807) is 6.92 Å². The maximum absolute atomic E-state index is 12.8. The molecule has 0 atom stereocenters. The van der Waals surface area contributed by atoms with Crippen molar-refractivity contribution in [2.75, 3.05) is 25.6 Å². The van der Waals surface area contributed by atoms with Crippen LogP contribution < -0.4 is 10.9 Å². The molecule has 0 bridgehead atoms. The van der Waals surface area contributed by atoms with Crippen LogP contribution in [-0.4, -0.2) is 41.8 Å². The van der Waals surface area contributed by atoms with Crippen LogP contribution in [0.1, 0.15) is 20.8 Å². The van der Waals surface area contributed by atoms with Gasteiger partial charge in [0.15, 0.2) is 0 Å². The zero-order chi connectivity index (χ0) is 23.5. The summed E-state index contributed by atoms with van der Waals surface area (Å²) in [6.45, 7) is 1.38. The van der Waals surface area contributed by atoms with Gasteiger partial charge in [0.05, 0.1) is 23.9 Å². The fourth-order valence-corrected chi connectivity index (χ4v) is 3.91. The Morgan fingerprint density at radius 3 is 2.69 bits per heavy atom. The van der Waals surface area contributed by atoms with Crippen LogP contribution in [0.4, 0.5) is 18.9 Å². The first-order valence-corrected chi connectivity index (χ1v) is 10.0. The number of thiophene rings is 1. The van der Waals surface area contributed by atoms with E-state index in [-0.39, 0.29) is 29.2 Å². The monoisotopic (exact) mass is 469 g/mol. The number of aryl methyl sites for hydroxylation is 1. The van der Waals surface area contributed by atoms with E-state index >= 15 is 0 Å². The standard InChI is InChI=1S/C20H18F3N3O5S/c1-11-15-17(32-16(11)19(29)31-7-6-30-2)24-10-26(18(15)28)9-14(27)25-13-5-3-4-12(8-13)20(21,22)23/h3-5,8,10H,6-7,9H2,1-2H3,(H,25,27). The Bertz CT molecular complexity index is 1220. The number of fused-ring (bicyclic) bond motifs is 1. The SMILES string of the molecule is COCCOC(=O)c1sc2ncn(CC(=O)Nc3cccc(C(F)(F)F)c3)c(=O)c2c1C. The van der Waals surface area contributed by atoms with Crippen LogP contribution in [0.5, 0.6) is 0 Å². The number of halogens is 3. The number of anilines is 1. The fourth-order valence-electron chi connectivity index (χ4n) is 2.88. The molecule has 0 saturated heterocycles. The van der Waals surface area contributed by atoms with Gasteiger partial charge in [-0.2, -0.15) is 13.2 Å².